The van der Waals surface area contributed by atoms with Gasteiger partial charge in [0.25, 0.3) is 0 Å². The van der Waals surface area contributed by atoms with Gasteiger partial charge in [-0.1, -0.05) is 12.1 Å². The first kappa shape index (κ1) is 17.8. The van der Waals surface area contributed by atoms with Gasteiger partial charge in [-0.3, -0.25) is 4.98 Å². The number of aliphatic hydroxyl groups is 2. The molecule has 4 N–H and O–H groups in total. The van der Waals surface area contributed by atoms with E-state index in [2.05, 4.69) is 9.97 Å². The lowest BCUT2D eigenvalue weighted by atomic mass is 10.1. The molecular formula is C21H19FN4O3. The van der Waals surface area contributed by atoms with Gasteiger partial charge in [0.1, 0.15) is 29.7 Å². The van der Waals surface area contributed by atoms with Crippen LogP contribution in [-0.2, 0) is 0 Å². The highest BCUT2D eigenvalue weighted by Gasteiger charge is 2.44. The highest BCUT2D eigenvalue weighted by molar-refractivity contribution is 5.89. The molecule has 8 heteroatoms. The van der Waals surface area contributed by atoms with E-state index in [0.717, 1.165) is 10.8 Å². The fourth-order valence-electron chi connectivity index (χ4n) is 4.12. The van der Waals surface area contributed by atoms with Crippen molar-refractivity contribution in [2.24, 2.45) is 0 Å². The number of nitrogens with zero attached hydrogens (tertiary/aromatic N) is 3. The van der Waals surface area contributed by atoms with Crippen LogP contribution in [0.3, 0.4) is 0 Å². The lowest BCUT2D eigenvalue weighted by molar-refractivity contribution is -0.0160. The van der Waals surface area contributed by atoms with Crippen molar-refractivity contribution >= 4 is 27.5 Å². The number of anilines is 1. The predicted molar refractivity (Wildman–Crippen MR) is 106 cm³/mol. The molecule has 1 aliphatic rings. The highest BCUT2D eigenvalue weighted by atomic mass is 19.1. The fourth-order valence-corrected chi connectivity index (χ4v) is 4.12. The first-order valence-corrected chi connectivity index (χ1v) is 9.30. The number of aromatic nitrogens is 3. The van der Waals surface area contributed by atoms with Gasteiger partial charge in [0, 0.05) is 42.3 Å². The smallest absolute Gasteiger partial charge is 0.152 e. The summed E-state index contributed by atoms with van der Waals surface area (Å²) in [6, 6.07) is 8.38. The summed E-state index contributed by atoms with van der Waals surface area (Å²) < 4.78 is 22.0. The first-order valence-electron chi connectivity index (χ1n) is 9.30. The van der Waals surface area contributed by atoms with Crippen LogP contribution >= 0.6 is 0 Å². The molecule has 4 unspecified atom stereocenters. The average Bonchev–Trinajstić information content (AvgIpc) is 3.20. The number of nitrogen functional groups attached to an aromatic ring is 1. The molecule has 0 saturated heterocycles. The Morgan fingerprint density at radius 1 is 1.14 bits per heavy atom. The molecule has 1 fully saturated rings. The lowest BCUT2D eigenvalue weighted by Gasteiger charge is -2.19. The summed E-state index contributed by atoms with van der Waals surface area (Å²) in [6.07, 6.45) is 3.45. The molecule has 1 saturated carbocycles. The number of benzene rings is 1. The Balaban J connectivity index is 1.49. The minimum atomic E-state index is -1.15. The Morgan fingerprint density at radius 3 is 2.86 bits per heavy atom. The molecule has 4 aromatic rings. The minimum absolute atomic E-state index is 0.207. The van der Waals surface area contributed by atoms with Crippen molar-refractivity contribution in [1.29, 1.82) is 0 Å². The van der Waals surface area contributed by atoms with Crippen molar-refractivity contribution in [2.45, 2.75) is 30.8 Å². The maximum absolute atomic E-state index is 14.4. The van der Waals surface area contributed by atoms with Gasteiger partial charge in [0.15, 0.2) is 5.82 Å². The molecule has 1 aliphatic carbocycles. The number of halogens is 1. The molecule has 1 aromatic carbocycles. The molecule has 0 amide bonds. The van der Waals surface area contributed by atoms with Crippen molar-refractivity contribution < 1.29 is 19.3 Å². The van der Waals surface area contributed by atoms with E-state index in [9.17, 15) is 14.6 Å². The quantitative estimate of drug-likeness (QED) is 0.493. The van der Waals surface area contributed by atoms with Crippen LogP contribution in [0.15, 0.2) is 55.1 Å². The van der Waals surface area contributed by atoms with E-state index in [-0.39, 0.29) is 17.5 Å². The summed E-state index contributed by atoms with van der Waals surface area (Å²) in [6.45, 7) is 0. The molecule has 29 heavy (non-hydrogen) atoms. The number of hydrogen-bond acceptors (Lipinski definition) is 6. The summed E-state index contributed by atoms with van der Waals surface area (Å²) in [5.41, 5.74) is 6.48. The van der Waals surface area contributed by atoms with Gasteiger partial charge in [-0.2, -0.15) is 0 Å². The Hall–Kier alpha value is -3.23. The number of rotatable bonds is 3. The molecule has 0 spiro atoms. The van der Waals surface area contributed by atoms with Crippen molar-refractivity contribution in [3.05, 3.63) is 60.9 Å². The summed E-state index contributed by atoms with van der Waals surface area (Å²) in [4.78, 5) is 8.35. The Bertz CT molecular complexity index is 1210. The van der Waals surface area contributed by atoms with Gasteiger partial charge >= 0.3 is 0 Å². The summed E-state index contributed by atoms with van der Waals surface area (Å²) in [5, 5.41) is 23.3. The number of fused-ring (bicyclic) bond motifs is 2. The molecule has 0 aliphatic heterocycles. The zero-order valence-corrected chi connectivity index (χ0v) is 15.3. The maximum Gasteiger partial charge on any atom is 0.152 e. The average molecular weight is 394 g/mol. The van der Waals surface area contributed by atoms with Crippen molar-refractivity contribution in [3.8, 4) is 5.75 Å². The van der Waals surface area contributed by atoms with E-state index in [0.29, 0.717) is 11.4 Å². The van der Waals surface area contributed by atoms with Crippen LogP contribution in [0.5, 0.6) is 5.75 Å². The second-order valence-corrected chi connectivity index (χ2v) is 7.28. The molecule has 7 nitrogen and oxygen atoms in total. The first-order chi connectivity index (χ1) is 14.0. The van der Waals surface area contributed by atoms with Gasteiger partial charge < -0.3 is 25.3 Å². The largest absolute Gasteiger partial charge is 0.487 e. The van der Waals surface area contributed by atoms with Gasteiger partial charge in [-0.05, 0) is 23.6 Å². The minimum Gasteiger partial charge on any atom is -0.487 e. The summed E-state index contributed by atoms with van der Waals surface area (Å²) in [5.74, 6) is 0.0511. The molecule has 0 bridgehead atoms. The molecular weight excluding hydrogens is 375 g/mol. The monoisotopic (exact) mass is 394 g/mol. The molecule has 3 heterocycles. The number of pyridine rings is 2. The van der Waals surface area contributed by atoms with E-state index < -0.39 is 30.2 Å². The van der Waals surface area contributed by atoms with Crippen LogP contribution < -0.4 is 10.5 Å². The SMILES string of the molecule is Nc1ccnc2c1c(F)cn2C1CC(Oc2cccc3ccncc23)C(O)C1O. The number of nitrogens with two attached hydrogens (primary N) is 1. The standard InChI is InChI=1S/C21H19FN4O3/c22-13-10-26(21-18(13)14(23)5-7-25-21)15-8-17(20(28)19(15)27)29-16-3-1-2-11-4-6-24-9-12(11)16/h1-7,9-10,15,17,19-20,27-28H,8H2,(H2,23,25). The Labute approximate surface area is 165 Å². The number of ether oxygens (including phenoxy) is 1. The second kappa shape index (κ2) is 6.68. The normalized spacial score (nSPS) is 24.4. The van der Waals surface area contributed by atoms with E-state index in [1.807, 2.05) is 18.2 Å². The van der Waals surface area contributed by atoms with Crippen LogP contribution in [0.1, 0.15) is 12.5 Å². The molecule has 3 aromatic heterocycles. The van der Waals surface area contributed by atoms with Crippen molar-refractivity contribution in [3.63, 3.8) is 0 Å². The van der Waals surface area contributed by atoms with E-state index >= 15 is 0 Å². The summed E-state index contributed by atoms with van der Waals surface area (Å²) in [7, 11) is 0. The van der Waals surface area contributed by atoms with E-state index in [1.54, 1.807) is 18.5 Å². The van der Waals surface area contributed by atoms with Crippen molar-refractivity contribution in [2.75, 3.05) is 5.73 Å². The zero-order chi connectivity index (χ0) is 20.1. The third-order valence-corrected chi connectivity index (χ3v) is 5.58. The third kappa shape index (κ3) is 2.80. The molecule has 148 valence electrons. The maximum atomic E-state index is 14.4. The van der Waals surface area contributed by atoms with Crippen LogP contribution in [0.25, 0.3) is 21.8 Å². The zero-order valence-electron chi connectivity index (χ0n) is 15.3. The van der Waals surface area contributed by atoms with E-state index in [1.165, 1.54) is 23.0 Å². The Morgan fingerprint density at radius 2 is 2.00 bits per heavy atom. The molecule has 4 atom stereocenters. The predicted octanol–water partition coefficient (Wildman–Crippen LogP) is 2.42. The van der Waals surface area contributed by atoms with Gasteiger partial charge in [0.2, 0.25) is 0 Å². The number of aliphatic hydroxyl groups excluding tert-OH is 2. The van der Waals surface area contributed by atoms with Crippen LogP contribution in [0.4, 0.5) is 10.1 Å². The summed E-state index contributed by atoms with van der Waals surface area (Å²) >= 11 is 0. The topological polar surface area (TPSA) is 106 Å². The second-order valence-electron chi connectivity index (χ2n) is 7.28. The van der Waals surface area contributed by atoms with Crippen LogP contribution in [-0.4, -0.2) is 43.1 Å². The van der Waals surface area contributed by atoms with Crippen molar-refractivity contribution in [1.82, 2.24) is 14.5 Å². The number of hydrogen-bond donors (Lipinski definition) is 3. The van der Waals surface area contributed by atoms with Crippen LogP contribution in [0.2, 0.25) is 0 Å². The van der Waals surface area contributed by atoms with Gasteiger partial charge in [-0.15, -0.1) is 0 Å². The molecule has 5 rings (SSSR count). The Kier molecular flexibility index (Phi) is 4.11. The van der Waals surface area contributed by atoms with Gasteiger partial charge in [-0.25, -0.2) is 9.37 Å². The van der Waals surface area contributed by atoms with Gasteiger partial charge in [0.05, 0.1) is 11.4 Å². The molecule has 0 radical (unpaired) electrons. The lowest BCUT2D eigenvalue weighted by Crippen LogP contribution is -2.34. The third-order valence-electron chi connectivity index (χ3n) is 5.58. The highest BCUT2D eigenvalue weighted by Crippen LogP contribution is 2.38. The fraction of sp³-hybridized carbons (Fsp3) is 0.238. The van der Waals surface area contributed by atoms with E-state index in [4.69, 9.17) is 10.5 Å². The van der Waals surface area contributed by atoms with Crippen LogP contribution in [0, 0.1) is 5.82 Å².